The van der Waals surface area contributed by atoms with E-state index in [1.54, 1.807) is 23.0 Å². The van der Waals surface area contributed by atoms with Crippen LogP contribution in [0.5, 0.6) is 5.75 Å². The monoisotopic (exact) mass is 435 g/mol. The molecule has 2 heterocycles. The Morgan fingerprint density at radius 1 is 1.06 bits per heavy atom. The number of benzene rings is 2. The minimum Gasteiger partial charge on any atom is -0.490 e. The molecule has 0 spiro atoms. The highest BCUT2D eigenvalue weighted by Crippen LogP contribution is 2.21. The van der Waals surface area contributed by atoms with Crippen molar-refractivity contribution >= 4 is 23.2 Å². The lowest BCUT2D eigenvalue weighted by molar-refractivity contribution is 0.0591. The quantitative estimate of drug-likeness (QED) is 0.613. The Balaban J connectivity index is 1.21. The summed E-state index contributed by atoms with van der Waals surface area (Å²) in [6.45, 7) is 1.91. The molecule has 2 aromatic carbocycles. The van der Waals surface area contributed by atoms with Crippen LogP contribution in [-0.4, -0.2) is 47.4 Å². The molecule has 0 saturated carbocycles. The van der Waals surface area contributed by atoms with Crippen LogP contribution < -0.4 is 10.1 Å². The highest BCUT2D eigenvalue weighted by molar-refractivity contribution is 7.07. The Morgan fingerprint density at radius 2 is 1.81 bits per heavy atom. The Hall–Kier alpha value is -3.19. The number of thiazole rings is 1. The number of nitrogens with one attached hydrogen (secondary N) is 1. The minimum atomic E-state index is -0.0867. The van der Waals surface area contributed by atoms with Gasteiger partial charge in [-0.3, -0.25) is 9.59 Å². The smallest absolute Gasteiger partial charge is 0.273 e. The summed E-state index contributed by atoms with van der Waals surface area (Å²) in [5.41, 5.74) is 4.01. The largest absolute Gasteiger partial charge is 0.490 e. The molecule has 0 radical (unpaired) electrons. The van der Waals surface area contributed by atoms with Gasteiger partial charge in [-0.25, -0.2) is 4.98 Å². The van der Waals surface area contributed by atoms with Crippen molar-refractivity contribution in [3.05, 3.63) is 82.3 Å². The van der Waals surface area contributed by atoms with E-state index in [2.05, 4.69) is 22.4 Å². The van der Waals surface area contributed by atoms with Crippen LogP contribution in [0.25, 0.3) is 0 Å². The molecule has 0 aliphatic carbocycles. The standard InChI is InChI=1S/C24H25N3O3S/c28-23(25-13-10-18-4-2-1-3-5-18)19-6-8-20(9-7-19)30-21-11-14-27(15-12-21)24(29)22-16-31-17-26-22/h1-9,16-17,21H,10-15H2,(H,25,28). The second kappa shape index (κ2) is 10.2. The maximum atomic E-state index is 12.4. The number of carbonyl (C=O) groups excluding carboxylic acids is 2. The highest BCUT2D eigenvalue weighted by Gasteiger charge is 2.25. The Bertz CT molecular complexity index is 983. The molecular formula is C24H25N3O3S. The first-order valence-electron chi connectivity index (χ1n) is 10.5. The van der Waals surface area contributed by atoms with Gasteiger partial charge in [-0.2, -0.15) is 0 Å². The summed E-state index contributed by atoms with van der Waals surface area (Å²) in [5, 5.41) is 4.74. The first-order valence-corrected chi connectivity index (χ1v) is 11.4. The van der Waals surface area contributed by atoms with Gasteiger partial charge in [0.2, 0.25) is 0 Å². The molecular weight excluding hydrogens is 410 g/mol. The molecule has 4 rings (SSSR count). The van der Waals surface area contributed by atoms with Gasteiger partial charge in [0.15, 0.2) is 0 Å². The number of aromatic nitrogens is 1. The van der Waals surface area contributed by atoms with E-state index in [4.69, 9.17) is 4.74 Å². The number of piperidine rings is 1. The number of rotatable bonds is 7. The molecule has 0 atom stereocenters. The summed E-state index contributed by atoms with van der Waals surface area (Å²) < 4.78 is 6.06. The van der Waals surface area contributed by atoms with Crippen LogP contribution in [0.4, 0.5) is 0 Å². The number of ether oxygens (including phenoxy) is 1. The van der Waals surface area contributed by atoms with Crippen LogP contribution in [0.2, 0.25) is 0 Å². The van der Waals surface area contributed by atoms with E-state index in [1.807, 2.05) is 35.2 Å². The Kier molecular flexibility index (Phi) is 6.94. The third kappa shape index (κ3) is 5.70. The molecule has 3 aromatic rings. The summed E-state index contributed by atoms with van der Waals surface area (Å²) in [7, 11) is 0. The fourth-order valence-corrected chi connectivity index (χ4v) is 4.13. The highest BCUT2D eigenvalue weighted by atomic mass is 32.1. The van der Waals surface area contributed by atoms with Crippen molar-refractivity contribution in [2.24, 2.45) is 0 Å². The molecule has 1 aliphatic heterocycles. The zero-order valence-corrected chi connectivity index (χ0v) is 18.0. The van der Waals surface area contributed by atoms with Crippen molar-refractivity contribution in [2.45, 2.75) is 25.4 Å². The van der Waals surface area contributed by atoms with E-state index in [1.165, 1.54) is 16.9 Å². The van der Waals surface area contributed by atoms with Crippen LogP contribution in [0, 0.1) is 0 Å². The number of nitrogens with zero attached hydrogens (tertiary/aromatic N) is 2. The van der Waals surface area contributed by atoms with Crippen molar-refractivity contribution in [1.29, 1.82) is 0 Å². The summed E-state index contributed by atoms with van der Waals surface area (Å²) in [6, 6.07) is 17.3. The third-order valence-corrected chi connectivity index (χ3v) is 5.93. The van der Waals surface area contributed by atoms with Crippen LogP contribution in [0.1, 0.15) is 39.3 Å². The van der Waals surface area contributed by atoms with Crippen molar-refractivity contribution in [1.82, 2.24) is 15.2 Å². The zero-order chi connectivity index (χ0) is 21.5. The lowest BCUT2D eigenvalue weighted by Gasteiger charge is -2.31. The van der Waals surface area contributed by atoms with Crippen LogP contribution in [0.3, 0.4) is 0 Å². The van der Waals surface area contributed by atoms with Gasteiger partial charge in [0.05, 0.1) is 5.51 Å². The molecule has 1 aliphatic rings. The van der Waals surface area contributed by atoms with Crippen LogP contribution in [-0.2, 0) is 6.42 Å². The first-order chi connectivity index (χ1) is 15.2. The van der Waals surface area contributed by atoms with Gasteiger partial charge in [0.25, 0.3) is 11.8 Å². The molecule has 0 unspecified atom stereocenters. The van der Waals surface area contributed by atoms with Gasteiger partial charge in [-0.1, -0.05) is 30.3 Å². The maximum absolute atomic E-state index is 12.4. The summed E-state index contributed by atoms with van der Waals surface area (Å²) in [6.07, 6.45) is 2.41. The maximum Gasteiger partial charge on any atom is 0.273 e. The van der Waals surface area contributed by atoms with E-state index in [0.29, 0.717) is 30.9 Å². The van der Waals surface area contributed by atoms with E-state index in [9.17, 15) is 9.59 Å². The number of likely N-dealkylation sites (tertiary alicyclic amines) is 1. The van der Waals surface area contributed by atoms with Crippen molar-refractivity contribution in [3.63, 3.8) is 0 Å². The summed E-state index contributed by atoms with van der Waals surface area (Å²) in [5.74, 6) is 0.642. The second-order valence-corrected chi connectivity index (χ2v) is 8.22. The number of amides is 2. The lowest BCUT2D eigenvalue weighted by Crippen LogP contribution is -2.41. The molecule has 2 amide bonds. The Morgan fingerprint density at radius 3 is 2.48 bits per heavy atom. The van der Waals surface area contributed by atoms with Crippen molar-refractivity contribution in [2.75, 3.05) is 19.6 Å². The number of carbonyl (C=O) groups is 2. The molecule has 160 valence electrons. The minimum absolute atomic E-state index is 0.0117. The second-order valence-electron chi connectivity index (χ2n) is 7.50. The molecule has 31 heavy (non-hydrogen) atoms. The molecule has 1 aromatic heterocycles. The predicted molar refractivity (Wildman–Crippen MR) is 121 cm³/mol. The fourth-order valence-electron chi connectivity index (χ4n) is 3.60. The van der Waals surface area contributed by atoms with Gasteiger partial charge in [-0.05, 0) is 36.2 Å². The molecule has 0 bridgehead atoms. The number of hydrogen-bond acceptors (Lipinski definition) is 5. The van der Waals surface area contributed by atoms with E-state index < -0.39 is 0 Å². The zero-order valence-electron chi connectivity index (χ0n) is 17.2. The molecule has 1 fully saturated rings. The average Bonchev–Trinajstić information content (AvgIpc) is 3.35. The van der Waals surface area contributed by atoms with E-state index in [0.717, 1.165) is 25.0 Å². The lowest BCUT2D eigenvalue weighted by atomic mass is 10.1. The molecule has 7 heteroatoms. The van der Waals surface area contributed by atoms with Crippen molar-refractivity contribution in [3.8, 4) is 5.75 Å². The first kappa shape index (κ1) is 21.1. The molecule has 1 saturated heterocycles. The Labute approximate surface area is 185 Å². The predicted octanol–water partition coefficient (Wildman–Crippen LogP) is 3.80. The average molecular weight is 436 g/mol. The molecule has 1 N–H and O–H groups in total. The summed E-state index contributed by atoms with van der Waals surface area (Å²) in [4.78, 5) is 30.6. The number of hydrogen-bond donors (Lipinski definition) is 1. The van der Waals surface area contributed by atoms with Gasteiger partial charge in [0, 0.05) is 43.4 Å². The third-order valence-electron chi connectivity index (χ3n) is 5.34. The van der Waals surface area contributed by atoms with Gasteiger partial charge in [0.1, 0.15) is 17.5 Å². The normalized spacial score (nSPS) is 14.3. The van der Waals surface area contributed by atoms with Crippen LogP contribution >= 0.6 is 11.3 Å². The van der Waals surface area contributed by atoms with Crippen LogP contribution in [0.15, 0.2) is 65.5 Å². The molecule has 6 nitrogen and oxygen atoms in total. The summed E-state index contributed by atoms with van der Waals surface area (Å²) >= 11 is 1.43. The van der Waals surface area contributed by atoms with Crippen molar-refractivity contribution < 1.29 is 14.3 Å². The van der Waals surface area contributed by atoms with Gasteiger partial charge in [-0.15, -0.1) is 11.3 Å². The SMILES string of the molecule is O=C(NCCc1ccccc1)c1ccc(OC2CCN(C(=O)c3cscn3)CC2)cc1. The fraction of sp³-hybridized carbons (Fsp3) is 0.292. The van der Waals surface area contributed by atoms with E-state index in [-0.39, 0.29) is 17.9 Å². The van der Waals surface area contributed by atoms with E-state index >= 15 is 0 Å². The van der Waals surface area contributed by atoms with Gasteiger partial charge >= 0.3 is 0 Å². The van der Waals surface area contributed by atoms with Gasteiger partial charge < -0.3 is 15.0 Å². The topological polar surface area (TPSA) is 71.5 Å².